The van der Waals surface area contributed by atoms with E-state index < -0.39 is 34.8 Å². The SMILES string of the molecule is O=C(Nc1ccn(Cc2ccc(C3CC3)cc2C(F)(F)F)n1)c1c(F)cccc1F. The second kappa shape index (κ2) is 7.55. The zero-order chi connectivity index (χ0) is 21.5. The van der Waals surface area contributed by atoms with Gasteiger partial charge in [0, 0.05) is 12.3 Å². The molecule has 0 saturated heterocycles. The minimum Gasteiger partial charge on any atom is -0.305 e. The van der Waals surface area contributed by atoms with Gasteiger partial charge in [0.05, 0.1) is 12.1 Å². The molecule has 1 aliphatic carbocycles. The smallest absolute Gasteiger partial charge is 0.305 e. The lowest BCUT2D eigenvalue weighted by Gasteiger charge is -2.14. The van der Waals surface area contributed by atoms with Crippen LogP contribution in [0, 0.1) is 11.6 Å². The number of amides is 1. The maximum atomic E-state index is 13.7. The molecule has 4 nitrogen and oxygen atoms in total. The number of nitrogens with one attached hydrogen (secondary N) is 1. The average Bonchev–Trinajstić information content (AvgIpc) is 3.42. The first kappa shape index (κ1) is 20.1. The molecule has 2 aromatic carbocycles. The van der Waals surface area contributed by atoms with E-state index in [2.05, 4.69) is 10.4 Å². The molecule has 0 radical (unpaired) electrons. The highest BCUT2D eigenvalue weighted by Crippen LogP contribution is 2.43. The van der Waals surface area contributed by atoms with Gasteiger partial charge >= 0.3 is 6.18 Å². The van der Waals surface area contributed by atoms with Crippen molar-refractivity contribution in [1.82, 2.24) is 9.78 Å². The monoisotopic (exact) mass is 421 g/mol. The Morgan fingerprint density at radius 2 is 1.80 bits per heavy atom. The molecule has 30 heavy (non-hydrogen) atoms. The van der Waals surface area contributed by atoms with E-state index >= 15 is 0 Å². The quantitative estimate of drug-likeness (QED) is 0.564. The Balaban J connectivity index is 1.53. The predicted molar refractivity (Wildman–Crippen MR) is 99.1 cm³/mol. The fourth-order valence-corrected chi connectivity index (χ4v) is 3.25. The Kier molecular flexibility index (Phi) is 5.05. The molecule has 1 heterocycles. The van der Waals surface area contributed by atoms with Gasteiger partial charge in [-0.3, -0.25) is 9.48 Å². The Morgan fingerprint density at radius 1 is 1.10 bits per heavy atom. The number of carbonyl (C=O) groups is 1. The van der Waals surface area contributed by atoms with Gasteiger partial charge in [0.2, 0.25) is 0 Å². The third-order valence-electron chi connectivity index (χ3n) is 4.89. The number of anilines is 1. The van der Waals surface area contributed by atoms with Gasteiger partial charge in [0.25, 0.3) is 5.91 Å². The largest absolute Gasteiger partial charge is 0.416 e. The third kappa shape index (κ3) is 4.19. The molecular formula is C21H16F5N3O. The van der Waals surface area contributed by atoms with Crippen molar-refractivity contribution in [2.45, 2.75) is 31.5 Å². The molecule has 156 valence electrons. The van der Waals surface area contributed by atoms with Gasteiger partial charge < -0.3 is 5.32 Å². The van der Waals surface area contributed by atoms with Crippen molar-refractivity contribution in [3.05, 3.63) is 82.5 Å². The first-order valence-corrected chi connectivity index (χ1v) is 9.21. The van der Waals surface area contributed by atoms with Crippen molar-refractivity contribution in [3.8, 4) is 0 Å². The Bertz CT molecular complexity index is 1080. The van der Waals surface area contributed by atoms with Crippen LogP contribution in [0.2, 0.25) is 0 Å². The zero-order valence-corrected chi connectivity index (χ0v) is 15.5. The van der Waals surface area contributed by atoms with Gasteiger partial charge in [0.1, 0.15) is 17.2 Å². The Morgan fingerprint density at radius 3 is 2.43 bits per heavy atom. The van der Waals surface area contributed by atoms with E-state index in [1.807, 2.05) is 0 Å². The minimum atomic E-state index is -4.51. The van der Waals surface area contributed by atoms with Crippen LogP contribution in [-0.2, 0) is 12.7 Å². The lowest BCUT2D eigenvalue weighted by Crippen LogP contribution is -2.17. The minimum absolute atomic E-state index is 0.0352. The fourth-order valence-electron chi connectivity index (χ4n) is 3.25. The lowest BCUT2D eigenvalue weighted by atomic mass is 10.0. The van der Waals surface area contributed by atoms with Crippen molar-refractivity contribution < 1.29 is 26.7 Å². The van der Waals surface area contributed by atoms with Crippen LogP contribution in [0.3, 0.4) is 0 Å². The molecule has 1 aromatic heterocycles. The molecule has 1 fully saturated rings. The summed E-state index contributed by atoms with van der Waals surface area (Å²) in [4.78, 5) is 12.1. The van der Waals surface area contributed by atoms with Crippen LogP contribution < -0.4 is 5.32 Å². The fraction of sp³-hybridized carbons (Fsp3) is 0.238. The number of nitrogens with zero attached hydrogens (tertiary/aromatic N) is 2. The second-order valence-electron chi connectivity index (χ2n) is 7.14. The Labute approximate surface area is 168 Å². The van der Waals surface area contributed by atoms with E-state index in [4.69, 9.17) is 0 Å². The first-order valence-electron chi connectivity index (χ1n) is 9.21. The molecule has 3 aromatic rings. The number of rotatable bonds is 5. The highest BCUT2D eigenvalue weighted by Gasteiger charge is 2.35. The summed E-state index contributed by atoms with van der Waals surface area (Å²) in [6, 6.07) is 8.66. The van der Waals surface area contributed by atoms with Gasteiger partial charge in [0.15, 0.2) is 5.82 Å². The molecule has 1 N–H and O–H groups in total. The van der Waals surface area contributed by atoms with Crippen LogP contribution in [0.5, 0.6) is 0 Å². The summed E-state index contributed by atoms with van der Waals surface area (Å²) in [6.45, 7) is -0.177. The summed E-state index contributed by atoms with van der Waals surface area (Å²) in [5.74, 6) is -2.95. The number of alkyl halides is 3. The third-order valence-corrected chi connectivity index (χ3v) is 4.89. The maximum absolute atomic E-state index is 13.7. The predicted octanol–water partition coefficient (Wildman–Crippen LogP) is 5.36. The highest BCUT2D eigenvalue weighted by molar-refractivity contribution is 6.04. The first-order chi connectivity index (χ1) is 14.2. The molecule has 0 atom stereocenters. The Hall–Kier alpha value is -3.23. The van der Waals surface area contributed by atoms with Crippen LogP contribution in [0.1, 0.15) is 45.8 Å². The molecule has 0 unspecified atom stereocenters. The highest BCUT2D eigenvalue weighted by atomic mass is 19.4. The van der Waals surface area contributed by atoms with Crippen LogP contribution in [-0.4, -0.2) is 15.7 Å². The van der Waals surface area contributed by atoms with Crippen molar-refractivity contribution >= 4 is 11.7 Å². The molecule has 9 heteroatoms. The summed E-state index contributed by atoms with van der Waals surface area (Å²) in [7, 11) is 0. The topological polar surface area (TPSA) is 46.9 Å². The van der Waals surface area contributed by atoms with Crippen LogP contribution >= 0.6 is 0 Å². The molecule has 0 aliphatic heterocycles. The lowest BCUT2D eigenvalue weighted by molar-refractivity contribution is -0.138. The van der Waals surface area contributed by atoms with Crippen molar-refractivity contribution in [2.24, 2.45) is 0 Å². The van der Waals surface area contributed by atoms with Crippen molar-refractivity contribution in [2.75, 3.05) is 5.32 Å². The van der Waals surface area contributed by atoms with Gasteiger partial charge in [-0.25, -0.2) is 8.78 Å². The van der Waals surface area contributed by atoms with Crippen molar-refractivity contribution in [1.29, 1.82) is 0 Å². The molecule has 0 bridgehead atoms. The molecule has 1 saturated carbocycles. The molecule has 1 amide bonds. The standard InChI is InChI=1S/C21H16F5N3O/c22-16-2-1-3-17(23)19(16)20(30)27-18-8-9-29(28-18)11-14-7-6-13(12-4-5-12)10-15(14)21(24,25)26/h1-3,6-10,12H,4-5,11H2,(H,27,28,30). The summed E-state index contributed by atoms with van der Waals surface area (Å²) >= 11 is 0. The number of hydrogen-bond donors (Lipinski definition) is 1. The van der Waals surface area contributed by atoms with Crippen LogP contribution in [0.25, 0.3) is 0 Å². The van der Waals surface area contributed by atoms with Gasteiger partial charge in [-0.15, -0.1) is 0 Å². The number of carbonyl (C=O) groups excluding carboxylic acids is 1. The van der Waals surface area contributed by atoms with Gasteiger partial charge in [-0.1, -0.05) is 18.2 Å². The van der Waals surface area contributed by atoms with Crippen molar-refractivity contribution in [3.63, 3.8) is 0 Å². The normalized spacial score (nSPS) is 14.0. The van der Waals surface area contributed by atoms with E-state index in [9.17, 15) is 26.7 Å². The summed E-state index contributed by atoms with van der Waals surface area (Å²) in [5, 5.41) is 6.25. The van der Waals surface area contributed by atoms with Crippen LogP contribution in [0.4, 0.5) is 27.8 Å². The summed E-state index contributed by atoms with van der Waals surface area (Å²) < 4.78 is 69.1. The van der Waals surface area contributed by atoms with E-state index in [1.165, 1.54) is 29.1 Å². The molecule has 4 rings (SSSR count). The number of benzene rings is 2. The molecule has 1 aliphatic rings. The second-order valence-corrected chi connectivity index (χ2v) is 7.14. The zero-order valence-electron chi connectivity index (χ0n) is 15.5. The number of aromatic nitrogens is 2. The number of halogens is 5. The molecular weight excluding hydrogens is 405 g/mol. The maximum Gasteiger partial charge on any atom is 0.416 e. The summed E-state index contributed by atoms with van der Waals surface area (Å²) in [5.41, 5.74) is -0.775. The van der Waals surface area contributed by atoms with Crippen LogP contribution in [0.15, 0.2) is 48.7 Å². The van der Waals surface area contributed by atoms with E-state index in [1.54, 1.807) is 6.07 Å². The average molecular weight is 421 g/mol. The summed E-state index contributed by atoms with van der Waals surface area (Å²) in [6.07, 6.45) is -1.35. The van der Waals surface area contributed by atoms with Gasteiger partial charge in [-0.2, -0.15) is 18.3 Å². The van der Waals surface area contributed by atoms with E-state index in [0.29, 0.717) is 5.56 Å². The number of hydrogen-bond acceptors (Lipinski definition) is 2. The van der Waals surface area contributed by atoms with E-state index in [-0.39, 0.29) is 23.8 Å². The van der Waals surface area contributed by atoms with Gasteiger partial charge in [-0.05, 0) is 48.1 Å². The molecule has 0 spiro atoms. The van der Waals surface area contributed by atoms with E-state index in [0.717, 1.165) is 31.0 Å².